The fourth-order valence-electron chi connectivity index (χ4n) is 2.92. The number of halogens is 2. The third-order valence-electron chi connectivity index (χ3n) is 4.40. The molecule has 0 bridgehead atoms. The number of aromatic nitrogens is 1. The van der Waals surface area contributed by atoms with Crippen LogP contribution in [0.15, 0.2) is 72.1 Å². The van der Waals surface area contributed by atoms with Gasteiger partial charge in [-0.1, -0.05) is 29.3 Å². The van der Waals surface area contributed by atoms with E-state index < -0.39 is 0 Å². The van der Waals surface area contributed by atoms with Gasteiger partial charge in [-0.3, -0.25) is 0 Å². The van der Waals surface area contributed by atoms with Crippen LogP contribution in [0, 0.1) is 0 Å². The second-order valence-electron chi connectivity index (χ2n) is 6.66. The molecule has 4 aromatic rings. The van der Waals surface area contributed by atoms with Gasteiger partial charge in [0.25, 0.3) is 0 Å². The average molecular weight is 485 g/mol. The zero-order valence-electron chi connectivity index (χ0n) is 17.0. The fourth-order valence-corrected chi connectivity index (χ4v) is 4.05. The number of benzene rings is 3. The molecule has 0 saturated carbocycles. The van der Waals surface area contributed by atoms with E-state index in [-0.39, 0.29) is 5.97 Å². The van der Waals surface area contributed by atoms with Crippen LogP contribution in [-0.4, -0.2) is 17.6 Å². The summed E-state index contributed by atoms with van der Waals surface area (Å²) in [6, 6.07) is 19.7. The van der Waals surface area contributed by atoms with E-state index in [1.54, 1.807) is 55.5 Å². The Bertz CT molecular complexity index is 1240. The van der Waals surface area contributed by atoms with Crippen molar-refractivity contribution in [2.24, 2.45) is 0 Å². The highest BCUT2D eigenvalue weighted by Gasteiger charge is 2.12. The Labute approximate surface area is 199 Å². The van der Waals surface area contributed by atoms with Crippen LogP contribution in [0.5, 0.6) is 11.5 Å². The van der Waals surface area contributed by atoms with Gasteiger partial charge in [0, 0.05) is 27.7 Å². The third-order valence-corrected chi connectivity index (χ3v) is 5.72. The molecule has 0 aliphatic rings. The van der Waals surface area contributed by atoms with Gasteiger partial charge in [-0.05, 0) is 61.5 Å². The minimum atomic E-state index is -0.358. The minimum absolute atomic E-state index is 0.330. The summed E-state index contributed by atoms with van der Waals surface area (Å²) in [6.45, 7) is 2.11. The van der Waals surface area contributed by atoms with E-state index >= 15 is 0 Å². The highest BCUT2D eigenvalue weighted by Crippen LogP contribution is 2.35. The van der Waals surface area contributed by atoms with E-state index in [0.717, 1.165) is 16.9 Å². The van der Waals surface area contributed by atoms with Crippen molar-refractivity contribution < 1.29 is 14.3 Å². The van der Waals surface area contributed by atoms with Crippen LogP contribution in [0.4, 0.5) is 10.8 Å². The first kappa shape index (κ1) is 22.1. The topological polar surface area (TPSA) is 60.5 Å². The molecule has 1 aromatic heterocycles. The average Bonchev–Trinajstić information content (AvgIpc) is 3.24. The second-order valence-corrected chi connectivity index (χ2v) is 8.36. The Kier molecular flexibility index (Phi) is 6.95. The lowest BCUT2D eigenvalue weighted by molar-refractivity contribution is 0.0526. The molecule has 32 heavy (non-hydrogen) atoms. The number of carbonyl (C=O) groups is 1. The molecule has 0 aliphatic carbocycles. The number of hydrogen-bond donors (Lipinski definition) is 1. The van der Waals surface area contributed by atoms with Crippen LogP contribution in [0.3, 0.4) is 0 Å². The van der Waals surface area contributed by atoms with E-state index in [0.29, 0.717) is 38.8 Å². The number of anilines is 2. The molecule has 0 aliphatic heterocycles. The summed E-state index contributed by atoms with van der Waals surface area (Å²) in [5.41, 5.74) is 2.75. The molecule has 1 heterocycles. The maximum atomic E-state index is 11.9. The van der Waals surface area contributed by atoms with E-state index in [4.69, 9.17) is 32.7 Å². The largest absolute Gasteiger partial charge is 0.462 e. The molecule has 5 nitrogen and oxygen atoms in total. The molecule has 0 atom stereocenters. The van der Waals surface area contributed by atoms with Gasteiger partial charge in [-0.2, -0.15) is 0 Å². The number of nitrogens with one attached hydrogen (secondary N) is 1. The lowest BCUT2D eigenvalue weighted by atomic mass is 10.1. The van der Waals surface area contributed by atoms with Crippen molar-refractivity contribution in [2.75, 3.05) is 11.9 Å². The van der Waals surface area contributed by atoms with Gasteiger partial charge >= 0.3 is 5.97 Å². The first-order valence-corrected chi connectivity index (χ1v) is 11.4. The summed E-state index contributed by atoms with van der Waals surface area (Å²) in [6.07, 6.45) is 0. The second kappa shape index (κ2) is 10.0. The molecule has 4 rings (SSSR count). The number of nitrogens with zero attached hydrogens (tertiary/aromatic N) is 1. The summed E-state index contributed by atoms with van der Waals surface area (Å²) in [5, 5.41) is 6.99. The number of hydrogen-bond acceptors (Lipinski definition) is 6. The van der Waals surface area contributed by atoms with Crippen molar-refractivity contribution in [2.45, 2.75) is 6.92 Å². The lowest BCUT2D eigenvalue weighted by Gasteiger charge is -2.08. The number of thiazole rings is 1. The van der Waals surface area contributed by atoms with Crippen molar-refractivity contribution in [3.8, 4) is 22.8 Å². The van der Waals surface area contributed by atoms with Gasteiger partial charge in [0.1, 0.15) is 11.5 Å². The highest BCUT2D eigenvalue weighted by molar-refractivity contribution is 7.14. The first-order chi connectivity index (χ1) is 15.5. The molecule has 8 heteroatoms. The van der Waals surface area contributed by atoms with E-state index in [2.05, 4.69) is 10.3 Å². The Morgan fingerprint density at radius 2 is 1.81 bits per heavy atom. The molecule has 3 aromatic carbocycles. The maximum Gasteiger partial charge on any atom is 0.338 e. The van der Waals surface area contributed by atoms with Crippen molar-refractivity contribution in [1.29, 1.82) is 0 Å². The maximum absolute atomic E-state index is 11.9. The molecule has 1 N–H and O–H groups in total. The number of carbonyl (C=O) groups excluding carboxylic acids is 1. The molecule has 162 valence electrons. The first-order valence-electron chi connectivity index (χ1n) is 9.75. The third kappa shape index (κ3) is 5.40. The van der Waals surface area contributed by atoms with Gasteiger partial charge in [0.15, 0.2) is 5.13 Å². The van der Waals surface area contributed by atoms with Gasteiger partial charge < -0.3 is 14.8 Å². The van der Waals surface area contributed by atoms with Crippen LogP contribution >= 0.6 is 34.5 Å². The van der Waals surface area contributed by atoms with Crippen LogP contribution in [0.25, 0.3) is 11.3 Å². The molecule has 0 fully saturated rings. The number of rotatable bonds is 7. The SMILES string of the molecule is CCOC(=O)c1cccc(Nc2nc(-c3ccc(Oc4ccc(Cl)cc4)cc3Cl)cs2)c1. The molecular weight excluding hydrogens is 467 g/mol. The van der Waals surface area contributed by atoms with Gasteiger partial charge in [0.05, 0.1) is 22.9 Å². The summed E-state index contributed by atoms with van der Waals surface area (Å²) >= 11 is 13.8. The van der Waals surface area contributed by atoms with E-state index in [9.17, 15) is 4.79 Å². The van der Waals surface area contributed by atoms with Crippen LogP contribution in [0.2, 0.25) is 10.0 Å². The van der Waals surface area contributed by atoms with E-state index in [1.165, 1.54) is 11.3 Å². The number of esters is 1. The van der Waals surface area contributed by atoms with Gasteiger partial charge in [-0.25, -0.2) is 9.78 Å². The van der Waals surface area contributed by atoms with Crippen molar-refractivity contribution >= 4 is 51.3 Å². The predicted molar refractivity (Wildman–Crippen MR) is 130 cm³/mol. The highest BCUT2D eigenvalue weighted by atomic mass is 35.5. The Hall–Kier alpha value is -3.06. The zero-order chi connectivity index (χ0) is 22.5. The molecule has 0 unspecified atom stereocenters. The smallest absolute Gasteiger partial charge is 0.338 e. The zero-order valence-corrected chi connectivity index (χ0v) is 19.3. The fraction of sp³-hybridized carbons (Fsp3) is 0.0833. The molecule has 0 saturated heterocycles. The molecule has 0 radical (unpaired) electrons. The molecular formula is C24H18Cl2N2O3S. The summed E-state index contributed by atoms with van der Waals surface area (Å²) in [4.78, 5) is 16.6. The van der Waals surface area contributed by atoms with Crippen LogP contribution < -0.4 is 10.1 Å². The Balaban J connectivity index is 1.48. The van der Waals surface area contributed by atoms with Crippen molar-refractivity contribution in [3.05, 3.63) is 87.7 Å². The molecule has 0 spiro atoms. The van der Waals surface area contributed by atoms with Gasteiger partial charge in [-0.15, -0.1) is 11.3 Å². The summed E-state index contributed by atoms with van der Waals surface area (Å²) < 4.78 is 10.9. The minimum Gasteiger partial charge on any atom is -0.462 e. The van der Waals surface area contributed by atoms with Crippen molar-refractivity contribution in [3.63, 3.8) is 0 Å². The summed E-state index contributed by atoms with van der Waals surface area (Å²) in [7, 11) is 0. The monoisotopic (exact) mass is 484 g/mol. The lowest BCUT2D eigenvalue weighted by Crippen LogP contribution is -2.04. The standard InChI is InChI=1S/C24H18Cl2N2O3S/c1-2-30-23(29)15-4-3-5-17(12-15)27-24-28-22(14-32-24)20-11-10-19(13-21(20)26)31-18-8-6-16(25)7-9-18/h3-14H,2H2,1H3,(H,27,28). The van der Waals surface area contributed by atoms with Crippen molar-refractivity contribution in [1.82, 2.24) is 4.98 Å². The molecule has 0 amide bonds. The van der Waals surface area contributed by atoms with Crippen LogP contribution in [0.1, 0.15) is 17.3 Å². The van der Waals surface area contributed by atoms with Crippen LogP contribution in [-0.2, 0) is 4.74 Å². The summed E-state index contributed by atoms with van der Waals surface area (Å²) in [5.74, 6) is 0.928. The quantitative estimate of drug-likeness (QED) is 0.270. The van der Waals surface area contributed by atoms with E-state index in [1.807, 2.05) is 23.6 Å². The number of ether oxygens (including phenoxy) is 2. The Morgan fingerprint density at radius 3 is 2.56 bits per heavy atom. The Morgan fingerprint density at radius 1 is 1.03 bits per heavy atom. The predicted octanol–water partition coefficient (Wildman–Crippen LogP) is 7.83. The normalized spacial score (nSPS) is 10.6. The van der Waals surface area contributed by atoms with Gasteiger partial charge in [0.2, 0.25) is 0 Å².